The molecule has 0 atom stereocenters. The summed E-state index contributed by atoms with van der Waals surface area (Å²) in [7, 11) is 0. The molecule has 4 nitrogen and oxygen atoms in total. The number of carbonyl (C=O) groups excluding carboxylic acids is 2. The fourth-order valence-electron chi connectivity index (χ4n) is 2.26. The zero-order valence-corrected chi connectivity index (χ0v) is 14.1. The van der Waals surface area contributed by atoms with Crippen molar-refractivity contribution in [1.82, 2.24) is 0 Å². The highest BCUT2D eigenvalue weighted by molar-refractivity contribution is 7.18. The highest BCUT2D eigenvalue weighted by atomic mass is 32.1. The van der Waals surface area contributed by atoms with Crippen LogP contribution in [0.5, 0.6) is 0 Å². The van der Waals surface area contributed by atoms with Crippen LogP contribution >= 0.6 is 11.3 Å². The summed E-state index contributed by atoms with van der Waals surface area (Å²) >= 11 is 1.30. The minimum Gasteiger partial charge on any atom is -0.321 e. The summed E-state index contributed by atoms with van der Waals surface area (Å²) in [5.41, 5.74) is 1.98. The molecule has 120 valence electrons. The Morgan fingerprint density at radius 3 is 2.61 bits per heavy atom. The van der Waals surface area contributed by atoms with Gasteiger partial charge in [0.2, 0.25) is 5.91 Å². The summed E-state index contributed by atoms with van der Waals surface area (Å²) in [5, 5.41) is 6.51. The van der Waals surface area contributed by atoms with Gasteiger partial charge in [-0.25, -0.2) is 0 Å². The van der Waals surface area contributed by atoms with Crippen LogP contribution in [0.2, 0.25) is 0 Å². The highest BCUT2D eigenvalue weighted by Gasteiger charge is 2.29. The fourth-order valence-corrected chi connectivity index (χ4v) is 3.07. The maximum Gasteiger partial charge on any atom is 0.265 e. The van der Waals surface area contributed by atoms with Gasteiger partial charge in [-0.15, -0.1) is 11.3 Å². The molecule has 1 aromatic heterocycles. The fraction of sp³-hybridized carbons (Fsp3) is 0.333. The van der Waals surface area contributed by atoms with Crippen LogP contribution in [0.4, 0.5) is 10.7 Å². The number of hydrogen-bond donors (Lipinski definition) is 2. The van der Waals surface area contributed by atoms with E-state index < -0.39 is 0 Å². The van der Waals surface area contributed by atoms with Crippen molar-refractivity contribution in [1.29, 1.82) is 0 Å². The summed E-state index contributed by atoms with van der Waals surface area (Å²) < 4.78 is 0. The van der Waals surface area contributed by atoms with Gasteiger partial charge in [0.1, 0.15) is 0 Å². The standard InChI is InChI=1S/C18H20N2O2S/c1-11(2)13-4-3-5-14(10-13)19-18(22)15-8-9-16(23-15)20-17(21)12-6-7-12/h3-5,8-12H,6-7H2,1-2H3,(H,19,22)(H,20,21). The molecule has 3 rings (SSSR count). The predicted octanol–water partition coefficient (Wildman–Crippen LogP) is 4.47. The smallest absolute Gasteiger partial charge is 0.265 e. The van der Waals surface area contributed by atoms with Crippen LogP contribution in [-0.2, 0) is 4.79 Å². The Kier molecular flexibility index (Phi) is 4.48. The maximum atomic E-state index is 12.3. The third-order valence-corrected chi connectivity index (χ3v) is 4.83. The van der Waals surface area contributed by atoms with Crippen molar-refractivity contribution in [2.45, 2.75) is 32.6 Å². The molecule has 1 aliphatic carbocycles. The lowest BCUT2D eigenvalue weighted by atomic mass is 10.0. The van der Waals surface area contributed by atoms with E-state index in [1.807, 2.05) is 18.2 Å². The van der Waals surface area contributed by atoms with Crippen molar-refractivity contribution in [3.05, 3.63) is 46.8 Å². The minimum absolute atomic E-state index is 0.0587. The number of anilines is 2. The Bertz CT molecular complexity index is 732. The van der Waals surface area contributed by atoms with Crippen molar-refractivity contribution in [2.75, 3.05) is 10.6 Å². The highest BCUT2D eigenvalue weighted by Crippen LogP contribution is 2.31. The molecule has 0 radical (unpaired) electrons. The number of amides is 2. The topological polar surface area (TPSA) is 58.2 Å². The lowest BCUT2D eigenvalue weighted by Crippen LogP contribution is -2.12. The van der Waals surface area contributed by atoms with E-state index in [4.69, 9.17) is 0 Å². The van der Waals surface area contributed by atoms with Crippen LogP contribution in [0, 0.1) is 5.92 Å². The molecule has 0 bridgehead atoms. The zero-order chi connectivity index (χ0) is 16.4. The molecule has 0 saturated heterocycles. The minimum atomic E-state index is -0.150. The third-order valence-electron chi connectivity index (χ3n) is 3.84. The van der Waals surface area contributed by atoms with Crippen LogP contribution in [-0.4, -0.2) is 11.8 Å². The molecule has 2 amide bonds. The summed E-state index contributed by atoms with van der Waals surface area (Å²) in [5.74, 6) is 0.484. The van der Waals surface area contributed by atoms with E-state index in [9.17, 15) is 9.59 Å². The second-order valence-corrected chi connectivity index (χ2v) is 7.25. The molecule has 2 N–H and O–H groups in total. The third kappa shape index (κ3) is 3.99. The van der Waals surface area contributed by atoms with Crippen LogP contribution in [0.3, 0.4) is 0 Å². The largest absolute Gasteiger partial charge is 0.321 e. The molecule has 0 aliphatic heterocycles. The predicted molar refractivity (Wildman–Crippen MR) is 94.2 cm³/mol. The van der Waals surface area contributed by atoms with Gasteiger partial charge in [-0.05, 0) is 48.6 Å². The van der Waals surface area contributed by atoms with Crippen molar-refractivity contribution >= 4 is 33.8 Å². The van der Waals surface area contributed by atoms with Gasteiger partial charge in [0.15, 0.2) is 0 Å². The second-order valence-electron chi connectivity index (χ2n) is 6.16. The molecular weight excluding hydrogens is 308 g/mol. The molecule has 5 heteroatoms. The van der Waals surface area contributed by atoms with Gasteiger partial charge in [0, 0.05) is 11.6 Å². The molecule has 0 spiro atoms. The quantitative estimate of drug-likeness (QED) is 0.850. The van der Waals surface area contributed by atoms with E-state index in [0.717, 1.165) is 23.5 Å². The Morgan fingerprint density at radius 2 is 1.91 bits per heavy atom. The first-order valence-corrected chi connectivity index (χ1v) is 8.66. The summed E-state index contributed by atoms with van der Waals surface area (Å²) in [6, 6.07) is 11.4. The van der Waals surface area contributed by atoms with Gasteiger partial charge in [0.05, 0.1) is 9.88 Å². The number of thiophene rings is 1. The molecule has 0 unspecified atom stereocenters. The van der Waals surface area contributed by atoms with Crippen LogP contribution < -0.4 is 10.6 Å². The van der Waals surface area contributed by atoms with Gasteiger partial charge in [-0.3, -0.25) is 9.59 Å². The van der Waals surface area contributed by atoms with Gasteiger partial charge in [0.25, 0.3) is 5.91 Å². The Hall–Kier alpha value is -2.14. The number of nitrogens with one attached hydrogen (secondary N) is 2. The normalized spacial score (nSPS) is 13.9. The van der Waals surface area contributed by atoms with E-state index in [-0.39, 0.29) is 17.7 Å². The van der Waals surface area contributed by atoms with E-state index >= 15 is 0 Å². The van der Waals surface area contributed by atoms with Crippen LogP contribution in [0.1, 0.15) is 47.8 Å². The van der Waals surface area contributed by atoms with Crippen molar-refractivity contribution < 1.29 is 9.59 Å². The molecular formula is C18H20N2O2S. The average molecular weight is 328 g/mol. The van der Waals surface area contributed by atoms with Crippen LogP contribution in [0.15, 0.2) is 36.4 Å². The molecule has 1 saturated carbocycles. The Morgan fingerprint density at radius 1 is 1.13 bits per heavy atom. The zero-order valence-electron chi connectivity index (χ0n) is 13.3. The summed E-state index contributed by atoms with van der Waals surface area (Å²) in [4.78, 5) is 24.7. The molecule has 1 aliphatic rings. The second kappa shape index (κ2) is 6.54. The van der Waals surface area contributed by atoms with Crippen molar-refractivity contribution in [2.24, 2.45) is 5.92 Å². The SMILES string of the molecule is CC(C)c1cccc(NC(=O)c2ccc(NC(=O)C3CC3)s2)c1. The Labute approximate surface area is 139 Å². The lowest BCUT2D eigenvalue weighted by molar-refractivity contribution is -0.117. The lowest BCUT2D eigenvalue weighted by Gasteiger charge is -2.08. The van der Waals surface area contributed by atoms with Gasteiger partial charge < -0.3 is 10.6 Å². The number of carbonyl (C=O) groups is 2. The molecule has 23 heavy (non-hydrogen) atoms. The van der Waals surface area contributed by atoms with E-state index in [0.29, 0.717) is 10.8 Å². The summed E-state index contributed by atoms with van der Waals surface area (Å²) in [6.07, 6.45) is 1.94. The van der Waals surface area contributed by atoms with Gasteiger partial charge in [-0.1, -0.05) is 26.0 Å². The van der Waals surface area contributed by atoms with Gasteiger partial charge >= 0.3 is 0 Å². The summed E-state index contributed by atoms with van der Waals surface area (Å²) in [6.45, 7) is 4.24. The maximum absolute atomic E-state index is 12.3. The Balaban J connectivity index is 1.65. The van der Waals surface area contributed by atoms with Crippen molar-refractivity contribution in [3.8, 4) is 0 Å². The van der Waals surface area contributed by atoms with E-state index in [2.05, 4.69) is 30.5 Å². The molecule has 2 aromatic rings. The number of rotatable bonds is 5. The first-order chi connectivity index (χ1) is 11.0. The monoisotopic (exact) mass is 328 g/mol. The molecule has 1 aromatic carbocycles. The molecule has 1 heterocycles. The average Bonchev–Trinajstić information content (AvgIpc) is 3.27. The number of hydrogen-bond acceptors (Lipinski definition) is 3. The van der Waals surface area contributed by atoms with Gasteiger partial charge in [-0.2, -0.15) is 0 Å². The first kappa shape index (κ1) is 15.7. The first-order valence-electron chi connectivity index (χ1n) is 7.85. The van der Waals surface area contributed by atoms with E-state index in [1.54, 1.807) is 12.1 Å². The van der Waals surface area contributed by atoms with Crippen molar-refractivity contribution in [3.63, 3.8) is 0 Å². The molecule has 1 fully saturated rings. The van der Waals surface area contributed by atoms with E-state index in [1.165, 1.54) is 16.9 Å². The number of benzene rings is 1. The van der Waals surface area contributed by atoms with Crippen LogP contribution in [0.25, 0.3) is 0 Å².